The molecule has 2 aromatic rings. The Kier molecular flexibility index (Phi) is 6.31. The molecule has 0 saturated carbocycles. The van der Waals surface area contributed by atoms with Gasteiger partial charge in [-0.05, 0) is 42.3 Å². The Morgan fingerprint density at radius 2 is 1.84 bits per heavy atom. The quantitative estimate of drug-likeness (QED) is 0.667. The van der Waals surface area contributed by atoms with Crippen LogP contribution in [-0.4, -0.2) is 13.0 Å². The minimum Gasteiger partial charge on any atom is -0.366 e. The van der Waals surface area contributed by atoms with E-state index in [0.29, 0.717) is 30.2 Å². The topological polar surface area (TPSA) is 32.3 Å². The van der Waals surface area contributed by atoms with Crippen LogP contribution < -0.4 is 10.2 Å². The van der Waals surface area contributed by atoms with Gasteiger partial charge in [0.1, 0.15) is 0 Å². The van der Waals surface area contributed by atoms with Crippen molar-refractivity contribution in [2.24, 2.45) is 0 Å². The van der Waals surface area contributed by atoms with Crippen LogP contribution in [0.15, 0.2) is 42.5 Å². The Hall–Kier alpha value is -2.21. The normalized spacial score (nSPS) is 11.2. The molecule has 134 valence electrons. The first-order valence-electron chi connectivity index (χ1n) is 7.76. The summed E-state index contributed by atoms with van der Waals surface area (Å²) < 4.78 is 38.0. The number of carbonyl (C=O) groups is 1. The lowest BCUT2D eigenvalue weighted by molar-refractivity contribution is -0.137. The highest BCUT2D eigenvalue weighted by molar-refractivity contribution is 6.33. The first kappa shape index (κ1) is 19.1. The molecule has 0 aliphatic rings. The third kappa shape index (κ3) is 5.13. The largest absolute Gasteiger partial charge is 0.416 e. The van der Waals surface area contributed by atoms with Crippen LogP contribution in [0.3, 0.4) is 0 Å². The molecule has 3 nitrogen and oxygen atoms in total. The lowest BCUT2D eigenvalue weighted by atomic mass is 10.1. The summed E-state index contributed by atoms with van der Waals surface area (Å²) >= 11 is 6.30. The Bertz CT molecular complexity index is 717. The molecule has 0 radical (unpaired) electrons. The monoisotopic (exact) mass is 370 g/mol. The Morgan fingerprint density at radius 3 is 2.36 bits per heavy atom. The van der Waals surface area contributed by atoms with Crippen molar-refractivity contribution in [3.63, 3.8) is 0 Å². The van der Waals surface area contributed by atoms with Crippen molar-refractivity contribution in [3.05, 3.63) is 58.6 Å². The molecule has 0 heterocycles. The number of benzene rings is 2. The van der Waals surface area contributed by atoms with Gasteiger partial charge >= 0.3 is 6.18 Å². The molecule has 0 fully saturated rings. The van der Waals surface area contributed by atoms with Crippen LogP contribution >= 0.6 is 11.6 Å². The van der Waals surface area contributed by atoms with Crippen LogP contribution in [0.2, 0.25) is 5.02 Å². The minimum atomic E-state index is -4.34. The molecule has 25 heavy (non-hydrogen) atoms. The Balaban J connectivity index is 2.22. The van der Waals surface area contributed by atoms with E-state index in [-0.39, 0.29) is 0 Å². The molecule has 2 aromatic carbocycles. The number of nitrogens with one attached hydrogen (secondary N) is 1. The molecular weight excluding hydrogens is 353 g/mol. The van der Waals surface area contributed by atoms with Crippen molar-refractivity contribution >= 4 is 29.4 Å². The molecule has 7 heteroatoms. The molecule has 0 saturated heterocycles. The van der Waals surface area contributed by atoms with E-state index in [1.165, 1.54) is 12.1 Å². The molecule has 0 spiro atoms. The Morgan fingerprint density at radius 1 is 1.16 bits per heavy atom. The van der Waals surface area contributed by atoms with Crippen molar-refractivity contribution in [2.45, 2.75) is 26.1 Å². The highest BCUT2D eigenvalue weighted by Gasteiger charge is 2.30. The summed E-state index contributed by atoms with van der Waals surface area (Å²) in [6.07, 6.45) is -2.92. The number of nitrogens with zero attached hydrogens (tertiary/aromatic N) is 1. The van der Waals surface area contributed by atoms with Gasteiger partial charge in [0.15, 0.2) is 0 Å². The van der Waals surface area contributed by atoms with E-state index >= 15 is 0 Å². The van der Waals surface area contributed by atoms with Crippen LogP contribution in [-0.2, 0) is 17.5 Å². The SMILES string of the molecule is CCCN(Cc1ccc(C(F)(F)F)cc1)c1ccc(NC=O)cc1Cl. The third-order valence-electron chi connectivity index (χ3n) is 3.66. The summed E-state index contributed by atoms with van der Waals surface area (Å²) in [5.74, 6) is 0. The zero-order valence-corrected chi connectivity index (χ0v) is 14.4. The van der Waals surface area contributed by atoms with Crippen molar-refractivity contribution in [1.29, 1.82) is 0 Å². The molecular formula is C18H18ClF3N2O. The van der Waals surface area contributed by atoms with Gasteiger partial charge in [-0.15, -0.1) is 0 Å². The standard InChI is InChI=1S/C18H18ClF3N2O/c1-2-9-24(17-8-7-15(23-12-25)10-16(17)19)11-13-3-5-14(6-4-13)18(20,21)22/h3-8,10,12H,2,9,11H2,1H3,(H,23,25). The van der Waals surface area contributed by atoms with Crippen molar-refractivity contribution in [3.8, 4) is 0 Å². The smallest absolute Gasteiger partial charge is 0.366 e. The summed E-state index contributed by atoms with van der Waals surface area (Å²) in [6.45, 7) is 3.14. The van der Waals surface area contributed by atoms with Crippen molar-refractivity contribution in [1.82, 2.24) is 0 Å². The van der Waals surface area contributed by atoms with Gasteiger partial charge in [0, 0.05) is 18.8 Å². The highest BCUT2D eigenvalue weighted by atomic mass is 35.5. The van der Waals surface area contributed by atoms with Gasteiger partial charge in [0.05, 0.1) is 16.3 Å². The van der Waals surface area contributed by atoms with Crippen molar-refractivity contribution in [2.75, 3.05) is 16.8 Å². The number of amides is 1. The fourth-order valence-electron chi connectivity index (χ4n) is 2.50. The number of alkyl halides is 3. The van der Waals surface area contributed by atoms with E-state index in [9.17, 15) is 18.0 Å². The number of hydrogen-bond donors (Lipinski definition) is 1. The number of hydrogen-bond acceptors (Lipinski definition) is 2. The summed E-state index contributed by atoms with van der Waals surface area (Å²) in [5, 5.41) is 2.99. The molecule has 1 amide bonds. The Labute approximate surface area is 149 Å². The summed E-state index contributed by atoms with van der Waals surface area (Å²) in [7, 11) is 0. The average Bonchev–Trinajstić information content (AvgIpc) is 2.55. The second-order valence-electron chi connectivity index (χ2n) is 5.54. The summed E-state index contributed by atoms with van der Waals surface area (Å²) in [5.41, 5.74) is 1.43. The summed E-state index contributed by atoms with van der Waals surface area (Å²) in [4.78, 5) is 12.5. The predicted octanol–water partition coefficient (Wildman–Crippen LogP) is 5.34. The zero-order chi connectivity index (χ0) is 18.4. The molecule has 0 aromatic heterocycles. The minimum absolute atomic E-state index is 0.437. The fraction of sp³-hybridized carbons (Fsp3) is 0.278. The van der Waals surface area contributed by atoms with E-state index in [1.807, 2.05) is 11.8 Å². The predicted molar refractivity (Wildman–Crippen MR) is 93.9 cm³/mol. The van der Waals surface area contributed by atoms with Gasteiger partial charge < -0.3 is 10.2 Å². The van der Waals surface area contributed by atoms with E-state index < -0.39 is 11.7 Å². The number of halogens is 4. The fourth-order valence-corrected chi connectivity index (χ4v) is 2.80. The maximum Gasteiger partial charge on any atom is 0.416 e. The van der Waals surface area contributed by atoms with Gasteiger partial charge in [-0.1, -0.05) is 30.7 Å². The second-order valence-corrected chi connectivity index (χ2v) is 5.95. The van der Waals surface area contributed by atoms with Crippen molar-refractivity contribution < 1.29 is 18.0 Å². The zero-order valence-electron chi connectivity index (χ0n) is 13.6. The van der Waals surface area contributed by atoms with E-state index in [2.05, 4.69) is 5.32 Å². The van der Waals surface area contributed by atoms with Crippen LogP contribution in [0.5, 0.6) is 0 Å². The highest BCUT2D eigenvalue weighted by Crippen LogP contribution is 2.32. The van der Waals surface area contributed by atoms with Gasteiger partial charge in [0.2, 0.25) is 6.41 Å². The van der Waals surface area contributed by atoms with E-state index in [4.69, 9.17) is 11.6 Å². The first-order chi connectivity index (χ1) is 11.8. The van der Waals surface area contributed by atoms with Crippen LogP contribution in [0.1, 0.15) is 24.5 Å². The van der Waals surface area contributed by atoms with Crippen LogP contribution in [0, 0.1) is 0 Å². The molecule has 0 aliphatic heterocycles. The molecule has 0 bridgehead atoms. The van der Waals surface area contributed by atoms with Gasteiger partial charge in [-0.2, -0.15) is 13.2 Å². The molecule has 0 aliphatic carbocycles. The van der Waals surface area contributed by atoms with Gasteiger partial charge in [-0.25, -0.2) is 0 Å². The lowest BCUT2D eigenvalue weighted by Crippen LogP contribution is -2.24. The third-order valence-corrected chi connectivity index (χ3v) is 3.96. The molecule has 2 rings (SSSR count). The number of rotatable bonds is 7. The average molecular weight is 371 g/mol. The maximum atomic E-state index is 12.7. The van der Waals surface area contributed by atoms with Crippen LogP contribution in [0.25, 0.3) is 0 Å². The first-order valence-corrected chi connectivity index (χ1v) is 8.13. The summed E-state index contributed by atoms with van der Waals surface area (Å²) in [6, 6.07) is 10.3. The van der Waals surface area contributed by atoms with E-state index in [0.717, 1.165) is 29.8 Å². The molecule has 0 atom stereocenters. The van der Waals surface area contributed by atoms with Gasteiger partial charge in [-0.3, -0.25) is 4.79 Å². The molecule has 0 unspecified atom stereocenters. The molecule has 1 N–H and O–H groups in total. The van der Waals surface area contributed by atoms with Gasteiger partial charge in [0.25, 0.3) is 0 Å². The number of carbonyl (C=O) groups excluding carboxylic acids is 1. The number of anilines is 2. The van der Waals surface area contributed by atoms with Crippen LogP contribution in [0.4, 0.5) is 24.5 Å². The maximum absolute atomic E-state index is 12.7. The van der Waals surface area contributed by atoms with E-state index in [1.54, 1.807) is 18.2 Å². The lowest BCUT2D eigenvalue weighted by Gasteiger charge is -2.26. The second kappa shape index (κ2) is 8.25.